The van der Waals surface area contributed by atoms with E-state index in [9.17, 15) is 0 Å². The van der Waals surface area contributed by atoms with Gasteiger partial charge in [-0.2, -0.15) is 0 Å². The molecule has 2 N–H and O–H groups in total. The lowest BCUT2D eigenvalue weighted by molar-refractivity contribution is 0.190. The van der Waals surface area contributed by atoms with Crippen molar-refractivity contribution in [2.45, 2.75) is 13.3 Å². The zero-order valence-electron chi connectivity index (χ0n) is 12.7. The van der Waals surface area contributed by atoms with Gasteiger partial charge in [-0.15, -0.1) is 0 Å². The lowest BCUT2D eigenvalue weighted by Gasteiger charge is -2.26. The molecule has 114 valence electrons. The zero-order chi connectivity index (χ0) is 14.8. The third-order valence-corrected chi connectivity index (χ3v) is 2.98. The van der Waals surface area contributed by atoms with Crippen LogP contribution in [0.25, 0.3) is 0 Å². The third-order valence-electron chi connectivity index (χ3n) is 2.98. The molecule has 1 rings (SSSR count). The summed E-state index contributed by atoms with van der Waals surface area (Å²) in [6, 6.07) is 5.86. The number of hydrogen-bond acceptors (Lipinski definition) is 5. The minimum absolute atomic E-state index is 0.642. The number of nitrogens with two attached hydrogens (primary N) is 1. The van der Waals surface area contributed by atoms with E-state index in [1.807, 2.05) is 18.2 Å². The number of ether oxygens (including phenoxy) is 3. The molecular weight excluding hydrogens is 256 g/mol. The predicted octanol–water partition coefficient (Wildman–Crippen LogP) is 2.16. The number of methoxy groups -OCH3 is 2. The Morgan fingerprint density at radius 3 is 2.25 bits per heavy atom. The predicted molar refractivity (Wildman–Crippen MR) is 82.6 cm³/mol. The molecular formula is C15H26N2O3. The van der Waals surface area contributed by atoms with Gasteiger partial charge in [-0.05, 0) is 18.6 Å². The van der Waals surface area contributed by atoms with E-state index >= 15 is 0 Å². The number of hydrogen-bond donors (Lipinski definition) is 1. The van der Waals surface area contributed by atoms with E-state index in [-0.39, 0.29) is 0 Å². The van der Waals surface area contributed by atoms with Crippen LogP contribution in [0.4, 0.5) is 11.4 Å². The number of nitrogen functional groups attached to an aromatic ring is 1. The van der Waals surface area contributed by atoms with Gasteiger partial charge in [0.05, 0.1) is 31.2 Å². The summed E-state index contributed by atoms with van der Waals surface area (Å²) in [6.45, 7) is 5.56. The molecule has 0 spiro atoms. The highest BCUT2D eigenvalue weighted by Gasteiger charge is 2.13. The van der Waals surface area contributed by atoms with Gasteiger partial charge in [0.2, 0.25) is 0 Å². The summed E-state index contributed by atoms with van der Waals surface area (Å²) in [5.74, 6) is 0.740. The van der Waals surface area contributed by atoms with Gasteiger partial charge in [-0.25, -0.2) is 0 Å². The van der Waals surface area contributed by atoms with Crippen molar-refractivity contribution in [2.24, 2.45) is 0 Å². The van der Waals surface area contributed by atoms with Crippen LogP contribution < -0.4 is 15.4 Å². The van der Waals surface area contributed by atoms with Gasteiger partial charge in [0.1, 0.15) is 5.75 Å². The lowest BCUT2D eigenvalue weighted by atomic mass is 10.2. The van der Waals surface area contributed by atoms with Gasteiger partial charge in [0, 0.05) is 27.3 Å². The molecule has 0 saturated heterocycles. The van der Waals surface area contributed by atoms with Crippen molar-refractivity contribution in [1.82, 2.24) is 0 Å². The molecule has 20 heavy (non-hydrogen) atoms. The molecule has 0 aliphatic heterocycles. The molecule has 0 aliphatic carbocycles. The zero-order valence-corrected chi connectivity index (χ0v) is 12.7. The number of benzene rings is 1. The average Bonchev–Trinajstić information content (AvgIpc) is 2.47. The van der Waals surface area contributed by atoms with Gasteiger partial charge >= 0.3 is 0 Å². The van der Waals surface area contributed by atoms with Crippen LogP contribution in [0.15, 0.2) is 18.2 Å². The number of nitrogens with zero attached hydrogens (tertiary/aromatic N) is 1. The Labute approximate surface area is 121 Å². The Hall–Kier alpha value is -1.46. The van der Waals surface area contributed by atoms with Crippen LogP contribution in [0.2, 0.25) is 0 Å². The molecule has 0 bridgehead atoms. The largest absolute Gasteiger partial charge is 0.491 e. The highest BCUT2D eigenvalue weighted by molar-refractivity contribution is 5.74. The molecule has 5 heteroatoms. The van der Waals surface area contributed by atoms with E-state index < -0.39 is 0 Å². The van der Waals surface area contributed by atoms with Crippen molar-refractivity contribution in [1.29, 1.82) is 0 Å². The van der Waals surface area contributed by atoms with E-state index in [0.717, 1.165) is 30.9 Å². The van der Waals surface area contributed by atoms with Gasteiger partial charge in [-0.3, -0.25) is 0 Å². The summed E-state index contributed by atoms with van der Waals surface area (Å²) >= 11 is 0. The van der Waals surface area contributed by atoms with Crippen molar-refractivity contribution in [3.63, 3.8) is 0 Å². The second-order valence-electron chi connectivity index (χ2n) is 4.51. The molecule has 0 aromatic heterocycles. The Morgan fingerprint density at radius 2 is 1.70 bits per heavy atom. The Kier molecular flexibility index (Phi) is 7.84. The standard InChI is InChI=1S/C15H26N2O3/c1-4-10-20-14-7-5-6-13(15(14)16)17(8-11-18-2)9-12-19-3/h5-7H,4,8-12,16H2,1-3H3. The highest BCUT2D eigenvalue weighted by atomic mass is 16.5. The summed E-state index contributed by atoms with van der Waals surface area (Å²) < 4.78 is 16.0. The van der Waals surface area contributed by atoms with Crippen molar-refractivity contribution in [3.05, 3.63) is 18.2 Å². The molecule has 0 atom stereocenters. The molecule has 0 radical (unpaired) electrons. The van der Waals surface area contributed by atoms with E-state index in [4.69, 9.17) is 19.9 Å². The van der Waals surface area contributed by atoms with Gasteiger partial charge in [0.25, 0.3) is 0 Å². The smallest absolute Gasteiger partial charge is 0.144 e. The topological polar surface area (TPSA) is 57.0 Å². The summed E-state index contributed by atoms with van der Waals surface area (Å²) in [5.41, 5.74) is 7.86. The average molecular weight is 282 g/mol. The maximum atomic E-state index is 6.22. The number of anilines is 2. The molecule has 0 amide bonds. The van der Waals surface area contributed by atoms with Crippen LogP contribution in [0.5, 0.6) is 5.75 Å². The molecule has 0 aliphatic rings. The molecule has 0 fully saturated rings. The Balaban J connectivity index is 2.87. The summed E-state index contributed by atoms with van der Waals surface area (Å²) in [4.78, 5) is 2.15. The van der Waals surface area contributed by atoms with E-state index in [1.165, 1.54) is 0 Å². The van der Waals surface area contributed by atoms with Crippen LogP contribution in [0.3, 0.4) is 0 Å². The molecule has 5 nitrogen and oxygen atoms in total. The first-order valence-corrected chi connectivity index (χ1v) is 6.98. The van der Waals surface area contributed by atoms with E-state index in [2.05, 4.69) is 11.8 Å². The van der Waals surface area contributed by atoms with Gasteiger partial charge < -0.3 is 24.8 Å². The van der Waals surface area contributed by atoms with Crippen LogP contribution in [0, 0.1) is 0 Å². The maximum Gasteiger partial charge on any atom is 0.144 e. The molecule has 0 saturated carbocycles. The second-order valence-corrected chi connectivity index (χ2v) is 4.51. The van der Waals surface area contributed by atoms with Gasteiger partial charge in [-0.1, -0.05) is 13.0 Å². The lowest BCUT2D eigenvalue weighted by Crippen LogP contribution is -2.31. The van der Waals surface area contributed by atoms with E-state index in [0.29, 0.717) is 25.5 Å². The molecule has 1 aromatic carbocycles. The number of para-hydroxylation sites is 1. The monoisotopic (exact) mass is 282 g/mol. The van der Waals surface area contributed by atoms with E-state index in [1.54, 1.807) is 14.2 Å². The normalized spacial score (nSPS) is 10.6. The summed E-state index contributed by atoms with van der Waals surface area (Å²) in [7, 11) is 3.39. The summed E-state index contributed by atoms with van der Waals surface area (Å²) in [5, 5.41) is 0. The van der Waals surface area contributed by atoms with Crippen molar-refractivity contribution in [3.8, 4) is 5.75 Å². The van der Waals surface area contributed by atoms with Crippen LogP contribution >= 0.6 is 0 Å². The second kappa shape index (κ2) is 9.44. The first kappa shape index (κ1) is 16.6. The third kappa shape index (κ3) is 4.90. The first-order valence-electron chi connectivity index (χ1n) is 6.98. The Bertz CT molecular complexity index is 377. The fourth-order valence-electron chi connectivity index (χ4n) is 1.90. The van der Waals surface area contributed by atoms with Crippen LogP contribution in [0.1, 0.15) is 13.3 Å². The summed E-state index contributed by atoms with van der Waals surface area (Å²) in [6.07, 6.45) is 0.959. The minimum atomic E-state index is 0.642. The molecule has 0 unspecified atom stereocenters. The number of rotatable bonds is 10. The van der Waals surface area contributed by atoms with Crippen LogP contribution in [-0.4, -0.2) is 47.1 Å². The fraction of sp³-hybridized carbons (Fsp3) is 0.600. The minimum Gasteiger partial charge on any atom is -0.491 e. The SMILES string of the molecule is CCCOc1cccc(N(CCOC)CCOC)c1N. The fourth-order valence-corrected chi connectivity index (χ4v) is 1.90. The maximum absolute atomic E-state index is 6.22. The Morgan fingerprint density at radius 1 is 1.05 bits per heavy atom. The van der Waals surface area contributed by atoms with Crippen LogP contribution in [-0.2, 0) is 9.47 Å². The van der Waals surface area contributed by atoms with Crippen molar-refractivity contribution >= 4 is 11.4 Å². The molecule has 0 heterocycles. The van der Waals surface area contributed by atoms with Gasteiger partial charge in [0.15, 0.2) is 0 Å². The molecule has 1 aromatic rings. The highest BCUT2D eigenvalue weighted by Crippen LogP contribution is 2.32. The quantitative estimate of drug-likeness (QED) is 0.666. The van der Waals surface area contributed by atoms with Crippen molar-refractivity contribution < 1.29 is 14.2 Å². The van der Waals surface area contributed by atoms with Crippen molar-refractivity contribution in [2.75, 3.05) is 57.8 Å². The first-order chi connectivity index (χ1) is 9.74.